The zero-order valence-electron chi connectivity index (χ0n) is 8.28. The number of anilines is 1. The number of methoxy groups -OCH3 is 1. The molecule has 1 aromatic heterocycles. The number of nitrogens with zero attached hydrogens (tertiary/aromatic N) is 2. The Morgan fingerprint density at radius 1 is 1.79 bits per heavy atom. The van der Waals surface area contributed by atoms with Gasteiger partial charge in [-0.3, -0.25) is 9.48 Å². The summed E-state index contributed by atoms with van der Waals surface area (Å²) in [5.41, 5.74) is 6.48. The monoisotopic (exact) mass is 198 g/mol. The van der Waals surface area contributed by atoms with Crippen molar-refractivity contribution in [2.45, 2.75) is 6.54 Å². The predicted molar refractivity (Wildman–Crippen MR) is 51.3 cm³/mol. The lowest BCUT2D eigenvalue weighted by Crippen LogP contribution is -2.26. The molecule has 1 rings (SSSR count). The van der Waals surface area contributed by atoms with Crippen molar-refractivity contribution in [2.24, 2.45) is 7.05 Å². The van der Waals surface area contributed by atoms with Crippen LogP contribution in [0.5, 0.6) is 0 Å². The van der Waals surface area contributed by atoms with E-state index in [2.05, 4.69) is 15.2 Å². The first-order valence-electron chi connectivity index (χ1n) is 4.17. The lowest BCUT2D eigenvalue weighted by molar-refractivity contribution is -0.124. The lowest BCUT2D eigenvalue weighted by Gasteiger charge is -2.03. The van der Waals surface area contributed by atoms with Crippen LogP contribution in [0.2, 0.25) is 0 Å². The van der Waals surface area contributed by atoms with Crippen LogP contribution in [0.4, 0.5) is 5.82 Å². The number of hydrogen-bond acceptors (Lipinski definition) is 4. The molecule has 14 heavy (non-hydrogen) atoms. The number of hydrogen-bond donors (Lipinski definition) is 2. The van der Waals surface area contributed by atoms with Gasteiger partial charge < -0.3 is 15.8 Å². The molecule has 0 saturated carbocycles. The molecule has 0 spiro atoms. The van der Waals surface area contributed by atoms with Gasteiger partial charge in [0.2, 0.25) is 5.91 Å². The second-order valence-electron chi connectivity index (χ2n) is 2.89. The van der Waals surface area contributed by atoms with Gasteiger partial charge in [0.25, 0.3) is 0 Å². The van der Waals surface area contributed by atoms with E-state index in [-0.39, 0.29) is 12.5 Å². The molecule has 6 nitrogen and oxygen atoms in total. The van der Waals surface area contributed by atoms with Crippen molar-refractivity contribution in [3.05, 3.63) is 11.8 Å². The molecule has 0 aliphatic carbocycles. The highest BCUT2D eigenvalue weighted by Crippen LogP contribution is 2.07. The van der Waals surface area contributed by atoms with Crippen LogP contribution < -0.4 is 11.1 Å². The summed E-state index contributed by atoms with van der Waals surface area (Å²) < 4.78 is 6.22. The second kappa shape index (κ2) is 4.61. The zero-order chi connectivity index (χ0) is 10.6. The first-order chi connectivity index (χ1) is 6.65. The highest BCUT2D eigenvalue weighted by molar-refractivity contribution is 5.77. The minimum absolute atomic E-state index is 0.0557. The maximum atomic E-state index is 11.0. The van der Waals surface area contributed by atoms with Crippen molar-refractivity contribution >= 4 is 11.7 Å². The highest BCUT2D eigenvalue weighted by atomic mass is 16.5. The van der Waals surface area contributed by atoms with Crippen molar-refractivity contribution in [1.82, 2.24) is 15.1 Å². The molecule has 0 aromatic carbocycles. The largest absolute Gasteiger partial charge is 0.384 e. The maximum absolute atomic E-state index is 11.0. The number of amides is 1. The molecule has 0 aliphatic rings. The van der Waals surface area contributed by atoms with Crippen LogP contribution in [0.25, 0.3) is 0 Å². The zero-order valence-corrected chi connectivity index (χ0v) is 8.28. The normalized spacial score (nSPS) is 10.1. The quantitative estimate of drug-likeness (QED) is 0.668. The first-order valence-corrected chi connectivity index (χ1v) is 4.17. The third-order valence-electron chi connectivity index (χ3n) is 1.82. The Morgan fingerprint density at radius 2 is 2.50 bits per heavy atom. The van der Waals surface area contributed by atoms with Gasteiger partial charge in [-0.15, -0.1) is 0 Å². The molecular formula is C8H14N4O2. The summed E-state index contributed by atoms with van der Waals surface area (Å²) in [7, 11) is 3.22. The number of ether oxygens (including phenoxy) is 1. The third-order valence-corrected chi connectivity index (χ3v) is 1.82. The molecule has 0 radical (unpaired) electrons. The van der Waals surface area contributed by atoms with Crippen LogP contribution >= 0.6 is 0 Å². The molecule has 1 amide bonds. The van der Waals surface area contributed by atoms with E-state index in [0.717, 1.165) is 5.56 Å². The van der Waals surface area contributed by atoms with Crippen LogP contribution in [0.1, 0.15) is 5.56 Å². The first kappa shape index (κ1) is 10.5. The number of carbonyl (C=O) groups excluding carboxylic acids is 1. The molecule has 78 valence electrons. The average molecular weight is 198 g/mol. The van der Waals surface area contributed by atoms with E-state index in [1.54, 1.807) is 17.9 Å². The van der Waals surface area contributed by atoms with Gasteiger partial charge in [0.05, 0.1) is 6.20 Å². The molecule has 0 aliphatic heterocycles. The Labute approximate surface area is 82.0 Å². The van der Waals surface area contributed by atoms with E-state index >= 15 is 0 Å². The van der Waals surface area contributed by atoms with Crippen molar-refractivity contribution in [3.8, 4) is 0 Å². The number of nitrogens with two attached hydrogens (primary N) is 1. The van der Waals surface area contributed by atoms with Crippen LogP contribution in [-0.4, -0.2) is 29.4 Å². The van der Waals surface area contributed by atoms with E-state index in [1.807, 2.05) is 0 Å². The summed E-state index contributed by atoms with van der Waals surface area (Å²) in [5, 5.41) is 6.61. The molecule has 0 atom stereocenters. The summed E-state index contributed by atoms with van der Waals surface area (Å²) in [6.07, 6.45) is 1.63. The molecule has 0 unspecified atom stereocenters. The Balaban J connectivity index is 2.46. The van der Waals surface area contributed by atoms with Crippen LogP contribution in [0, 0.1) is 0 Å². The molecule has 3 N–H and O–H groups in total. The van der Waals surface area contributed by atoms with Gasteiger partial charge in [-0.2, -0.15) is 5.10 Å². The molecule has 6 heteroatoms. The van der Waals surface area contributed by atoms with Gasteiger partial charge in [-0.1, -0.05) is 0 Å². The van der Waals surface area contributed by atoms with Gasteiger partial charge in [0.15, 0.2) is 0 Å². The van der Waals surface area contributed by atoms with Crippen molar-refractivity contribution in [3.63, 3.8) is 0 Å². The fourth-order valence-electron chi connectivity index (χ4n) is 1.00. The van der Waals surface area contributed by atoms with Crippen LogP contribution in [0.15, 0.2) is 6.20 Å². The summed E-state index contributed by atoms with van der Waals surface area (Å²) in [6.45, 7) is 0.433. The summed E-state index contributed by atoms with van der Waals surface area (Å²) in [5.74, 6) is 0.387. The minimum Gasteiger partial charge on any atom is -0.384 e. The van der Waals surface area contributed by atoms with Gasteiger partial charge >= 0.3 is 0 Å². The Hall–Kier alpha value is -1.56. The molecule has 0 fully saturated rings. The fraction of sp³-hybridized carbons (Fsp3) is 0.500. The van der Waals surface area contributed by atoms with E-state index in [1.165, 1.54) is 7.11 Å². The molecule has 1 heterocycles. The van der Waals surface area contributed by atoms with Crippen LogP contribution in [0.3, 0.4) is 0 Å². The third kappa shape index (κ3) is 2.46. The fourth-order valence-corrected chi connectivity index (χ4v) is 1.00. The number of nitrogen functional groups attached to an aromatic ring is 1. The van der Waals surface area contributed by atoms with Crippen molar-refractivity contribution in [2.75, 3.05) is 19.5 Å². The average Bonchev–Trinajstić information content (AvgIpc) is 2.46. The van der Waals surface area contributed by atoms with E-state index in [4.69, 9.17) is 5.73 Å². The number of carbonyl (C=O) groups is 1. The van der Waals surface area contributed by atoms with E-state index in [9.17, 15) is 4.79 Å². The van der Waals surface area contributed by atoms with Gasteiger partial charge in [-0.05, 0) is 0 Å². The summed E-state index contributed by atoms with van der Waals surface area (Å²) >= 11 is 0. The number of rotatable bonds is 4. The predicted octanol–water partition coefficient (Wildman–Crippen LogP) is -0.735. The topological polar surface area (TPSA) is 82.2 Å². The second-order valence-corrected chi connectivity index (χ2v) is 2.89. The van der Waals surface area contributed by atoms with E-state index < -0.39 is 0 Å². The Morgan fingerprint density at radius 3 is 3.00 bits per heavy atom. The maximum Gasteiger partial charge on any atom is 0.246 e. The van der Waals surface area contributed by atoms with Gasteiger partial charge in [0.1, 0.15) is 12.4 Å². The minimum atomic E-state index is -0.171. The number of nitrogens with one attached hydrogen (secondary N) is 1. The Bertz CT molecular complexity index is 321. The van der Waals surface area contributed by atoms with Crippen LogP contribution in [-0.2, 0) is 23.1 Å². The molecule has 0 saturated heterocycles. The number of aryl methyl sites for hydroxylation is 1. The lowest BCUT2D eigenvalue weighted by atomic mass is 10.3. The van der Waals surface area contributed by atoms with Crippen molar-refractivity contribution in [1.29, 1.82) is 0 Å². The molecular weight excluding hydrogens is 184 g/mol. The molecule has 0 bridgehead atoms. The molecule has 1 aromatic rings. The number of aromatic nitrogens is 2. The van der Waals surface area contributed by atoms with E-state index in [0.29, 0.717) is 12.4 Å². The SMILES string of the molecule is COCC(=O)NCc1cnn(C)c1N. The highest BCUT2D eigenvalue weighted by Gasteiger charge is 2.05. The standard InChI is InChI=1S/C8H14N4O2/c1-12-8(9)6(4-11-12)3-10-7(13)5-14-2/h4H,3,5,9H2,1-2H3,(H,10,13). The summed E-state index contributed by atoms with van der Waals surface area (Å²) in [4.78, 5) is 11.0. The van der Waals surface area contributed by atoms with Gasteiger partial charge in [-0.25, -0.2) is 0 Å². The smallest absolute Gasteiger partial charge is 0.246 e. The summed E-state index contributed by atoms with van der Waals surface area (Å²) in [6, 6.07) is 0. The Kier molecular flexibility index (Phi) is 3.47. The van der Waals surface area contributed by atoms with Gasteiger partial charge in [0, 0.05) is 26.3 Å². The van der Waals surface area contributed by atoms with Crippen molar-refractivity contribution < 1.29 is 9.53 Å².